The van der Waals surface area contributed by atoms with Gasteiger partial charge in [0.25, 0.3) is 0 Å². The molecule has 0 aliphatic heterocycles. The van der Waals surface area contributed by atoms with Crippen LogP contribution >= 0.6 is 22.6 Å². The van der Waals surface area contributed by atoms with Crippen LogP contribution in [0, 0.1) is 9.52 Å². The van der Waals surface area contributed by atoms with E-state index in [0.29, 0.717) is 3.57 Å². The maximum absolute atomic E-state index is 12.1. The molecule has 1 rings (SSSR count). The average Bonchev–Trinajstić information content (AvgIpc) is 1.77. The highest BCUT2D eigenvalue weighted by Gasteiger charge is 1.94. The van der Waals surface area contributed by atoms with Crippen LogP contribution in [0.15, 0.2) is 12.3 Å². The first-order valence-electron chi connectivity index (χ1n) is 1.93. The predicted octanol–water partition coefficient (Wildman–Crippen LogP) is 1.22. The summed E-state index contributed by atoms with van der Waals surface area (Å²) in [6.07, 6.45) is 1.45. The summed E-state index contributed by atoms with van der Waals surface area (Å²) in [7, 11) is 0. The van der Waals surface area contributed by atoms with Crippen molar-refractivity contribution in [3.8, 4) is 0 Å². The van der Waals surface area contributed by atoms with Crippen molar-refractivity contribution in [2.24, 2.45) is 0 Å². The molecule has 2 nitrogen and oxygen atoms in total. The minimum absolute atomic E-state index is 0.498. The first-order valence-corrected chi connectivity index (χ1v) is 3.01. The van der Waals surface area contributed by atoms with Crippen LogP contribution in [0.4, 0.5) is 4.39 Å². The Bertz CT molecular complexity index is 170. The zero-order valence-corrected chi connectivity index (χ0v) is 5.96. The second-order valence-corrected chi connectivity index (χ2v) is 2.33. The van der Waals surface area contributed by atoms with Crippen LogP contribution in [0.3, 0.4) is 0 Å². The van der Waals surface area contributed by atoms with Crippen LogP contribution in [0.1, 0.15) is 0 Å². The van der Waals surface area contributed by atoms with Crippen LogP contribution < -0.4 is 0 Å². The fraction of sp³-hybridized carbons (Fsp3) is 0. The number of rotatable bonds is 0. The van der Waals surface area contributed by atoms with E-state index < -0.39 is 5.95 Å². The van der Waals surface area contributed by atoms with Gasteiger partial charge in [0.05, 0.1) is 9.77 Å². The van der Waals surface area contributed by atoms with Crippen LogP contribution in [-0.4, -0.2) is 10.2 Å². The lowest BCUT2D eigenvalue weighted by Crippen LogP contribution is -1.87. The van der Waals surface area contributed by atoms with E-state index in [1.807, 2.05) is 22.6 Å². The van der Waals surface area contributed by atoms with Gasteiger partial charge in [-0.3, -0.25) is 0 Å². The maximum atomic E-state index is 12.1. The molecule has 0 unspecified atom stereocenters. The van der Waals surface area contributed by atoms with Crippen molar-refractivity contribution < 1.29 is 4.39 Å². The highest BCUT2D eigenvalue weighted by Crippen LogP contribution is 2.03. The molecule has 0 fully saturated rings. The quantitative estimate of drug-likeness (QED) is 0.619. The summed E-state index contributed by atoms with van der Waals surface area (Å²) in [4.78, 5) is 0. The Labute approximate surface area is 59.3 Å². The van der Waals surface area contributed by atoms with Crippen LogP contribution in [0.2, 0.25) is 0 Å². The standard InChI is InChI=1S/C4H2FIN2/c5-4-3(6)1-2-7-8-4/h1-2H. The van der Waals surface area contributed by atoms with Crippen molar-refractivity contribution in [1.82, 2.24) is 10.2 Å². The highest BCUT2D eigenvalue weighted by molar-refractivity contribution is 14.1. The number of aromatic nitrogens is 2. The van der Waals surface area contributed by atoms with Crippen molar-refractivity contribution in [2.75, 3.05) is 0 Å². The highest BCUT2D eigenvalue weighted by atomic mass is 127. The lowest BCUT2D eigenvalue weighted by Gasteiger charge is -1.85. The van der Waals surface area contributed by atoms with Gasteiger partial charge in [-0.05, 0) is 28.7 Å². The first-order chi connectivity index (χ1) is 3.80. The molecule has 0 atom stereocenters. The number of hydrogen-bond donors (Lipinski definition) is 0. The normalized spacial score (nSPS) is 9.25. The third-order valence-corrected chi connectivity index (χ3v) is 1.43. The van der Waals surface area contributed by atoms with E-state index in [1.54, 1.807) is 6.07 Å². The first kappa shape index (κ1) is 5.87. The largest absolute Gasteiger partial charge is 0.246 e. The van der Waals surface area contributed by atoms with Gasteiger partial charge in [0.2, 0.25) is 5.95 Å². The van der Waals surface area contributed by atoms with Gasteiger partial charge in [-0.2, -0.15) is 9.49 Å². The molecule has 0 aliphatic rings. The van der Waals surface area contributed by atoms with Gasteiger partial charge < -0.3 is 0 Å². The van der Waals surface area contributed by atoms with E-state index in [2.05, 4.69) is 10.2 Å². The molecule has 0 N–H and O–H groups in total. The van der Waals surface area contributed by atoms with E-state index >= 15 is 0 Å². The Balaban J connectivity index is 3.13. The third-order valence-electron chi connectivity index (χ3n) is 0.630. The Hall–Kier alpha value is -0.260. The summed E-state index contributed by atoms with van der Waals surface area (Å²) in [5.74, 6) is -0.506. The summed E-state index contributed by atoms with van der Waals surface area (Å²) in [6.45, 7) is 0. The predicted molar refractivity (Wildman–Crippen MR) is 34.7 cm³/mol. The minimum atomic E-state index is -0.506. The molecule has 0 aromatic carbocycles. The van der Waals surface area contributed by atoms with Gasteiger partial charge in [0.1, 0.15) is 0 Å². The molecule has 1 aromatic heterocycles. The molecule has 8 heavy (non-hydrogen) atoms. The Morgan fingerprint density at radius 2 is 2.38 bits per heavy atom. The molecule has 0 saturated heterocycles. The zero-order chi connectivity index (χ0) is 5.98. The summed E-state index contributed by atoms with van der Waals surface area (Å²) < 4.78 is 12.6. The van der Waals surface area contributed by atoms with Gasteiger partial charge >= 0.3 is 0 Å². The second-order valence-electron chi connectivity index (χ2n) is 1.17. The Morgan fingerprint density at radius 3 is 2.75 bits per heavy atom. The van der Waals surface area contributed by atoms with Crippen LogP contribution in [0.5, 0.6) is 0 Å². The summed E-state index contributed by atoms with van der Waals surface area (Å²) in [5.41, 5.74) is 0. The SMILES string of the molecule is Fc1nnccc1I. The molecule has 0 radical (unpaired) electrons. The van der Waals surface area contributed by atoms with Gasteiger partial charge in [-0.15, -0.1) is 5.10 Å². The van der Waals surface area contributed by atoms with E-state index in [4.69, 9.17) is 0 Å². The van der Waals surface area contributed by atoms with E-state index in [9.17, 15) is 4.39 Å². The van der Waals surface area contributed by atoms with Crippen molar-refractivity contribution in [1.29, 1.82) is 0 Å². The molecule has 0 amide bonds. The topological polar surface area (TPSA) is 25.8 Å². The van der Waals surface area contributed by atoms with Gasteiger partial charge in [-0.1, -0.05) is 0 Å². The van der Waals surface area contributed by atoms with Gasteiger partial charge in [0, 0.05) is 0 Å². The van der Waals surface area contributed by atoms with E-state index in [0.717, 1.165) is 0 Å². The molecule has 0 saturated carbocycles. The van der Waals surface area contributed by atoms with Crippen molar-refractivity contribution in [2.45, 2.75) is 0 Å². The average molecular weight is 224 g/mol. The fourth-order valence-corrected chi connectivity index (χ4v) is 0.568. The number of halogens is 2. The monoisotopic (exact) mass is 224 g/mol. The van der Waals surface area contributed by atoms with Crippen LogP contribution in [-0.2, 0) is 0 Å². The Kier molecular flexibility index (Phi) is 1.72. The molecule has 1 aromatic rings. The lowest BCUT2D eigenvalue weighted by molar-refractivity contribution is 0.555. The summed E-state index contributed by atoms with van der Waals surface area (Å²) >= 11 is 1.85. The molecule has 0 aliphatic carbocycles. The molecule has 0 bridgehead atoms. The van der Waals surface area contributed by atoms with Crippen molar-refractivity contribution in [3.05, 3.63) is 21.8 Å². The fourth-order valence-electron chi connectivity index (χ4n) is 0.299. The smallest absolute Gasteiger partial charge is 0.182 e. The minimum Gasteiger partial charge on any atom is -0.182 e. The molecule has 42 valence electrons. The lowest BCUT2D eigenvalue weighted by atomic mass is 10.6. The maximum Gasteiger partial charge on any atom is 0.246 e. The molecular formula is C4H2FIN2. The van der Waals surface area contributed by atoms with Gasteiger partial charge in [0.15, 0.2) is 0 Å². The molecule has 0 spiro atoms. The Morgan fingerprint density at radius 1 is 1.62 bits per heavy atom. The molecular weight excluding hydrogens is 222 g/mol. The summed E-state index contributed by atoms with van der Waals surface area (Å²) in [5, 5.41) is 6.47. The zero-order valence-electron chi connectivity index (χ0n) is 3.81. The number of nitrogens with zero attached hydrogens (tertiary/aromatic N) is 2. The number of hydrogen-bond acceptors (Lipinski definition) is 2. The van der Waals surface area contributed by atoms with Crippen LogP contribution in [0.25, 0.3) is 0 Å². The summed E-state index contributed by atoms with van der Waals surface area (Å²) in [6, 6.07) is 1.56. The van der Waals surface area contributed by atoms with E-state index in [1.165, 1.54) is 6.20 Å². The molecule has 4 heteroatoms. The van der Waals surface area contributed by atoms with Crippen molar-refractivity contribution >= 4 is 22.6 Å². The third kappa shape index (κ3) is 1.12. The van der Waals surface area contributed by atoms with Gasteiger partial charge in [-0.25, -0.2) is 0 Å². The van der Waals surface area contributed by atoms with E-state index in [-0.39, 0.29) is 0 Å². The molecule has 1 heterocycles. The second kappa shape index (κ2) is 2.34. The van der Waals surface area contributed by atoms with Crippen molar-refractivity contribution in [3.63, 3.8) is 0 Å².